The molecule has 6 nitrogen and oxygen atoms in total. The minimum Gasteiger partial charge on any atom is -0.337 e. The quantitative estimate of drug-likeness (QED) is 0.769. The summed E-state index contributed by atoms with van der Waals surface area (Å²) in [7, 11) is -1.97. The fourth-order valence-corrected chi connectivity index (χ4v) is 3.28. The van der Waals surface area contributed by atoms with Crippen molar-refractivity contribution in [3.8, 4) is 6.07 Å². The lowest BCUT2D eigenvalue weighted by Crippen LogP contribution is -2.27. The van der Waals surface area contributed by atoms with Gasteiger partial charge in [-0.1, -0.05) is 30.3 Å². The van der Waals surface area contributed by atoms with Crippen LogP contribution in [0.25, 0.3) is 0 Å². The molecule has 0 heterocycles. The van der Waals surface area contributed by atoms with Crippen LogP contribution in [-0.2, 0) is 16.6 Å². The van der Waals surface area contributed by atoms with Crippen molar-refractivity contribution in [2.45, 2.75) is 17.9 Å². The van der Waals surface area contributed by atoms with Crippen LogP contribution in [0.2, 0.25) is 0 Å². The predicted molar refractivity (Wildman–Crippen MR) is 94.1 cm³/mol. The summed E-state index contributed by atoms with van der Waals surface area (Å²) < 4.78 is 26.4. The van der Waals surface area contributed by atoms with Crippen LogP contribution in [-0.4, -0.2) is 32.8 Å². The second-order valence-electron chi connectivity index (χ2n) is 5.48. The van der Waals surface area contributed by atoms with E-state index in [1.165, 1.54) is 24.3 Å². The first kappa shape index (κ1) is 18.6. The molecule has 0 saturated carbocycles. The fourth-order valence-electron chi connectivity index (χ4n) is 2.25. The Bertz CT molecular complexity index is 857. The Morgan fingerprint density at radius 3 is 2.36 bits per heavy atom. The lowest BCUT2D eigenvalue weighted by atomic mass is 10.1. The molecule has 0 spiro atoms. The van der Waals surface area contributed by atoms with Gasteiger partial charge in [0.05, 0.1) is 11.0 Å². The number of carbonyl (C=O) groups excluding carboxylic acids is 1. The van der Waals surface area contributed by atoms with Crippen molar-refractivity contribution < 1.29 is 13.2 Å². The highest BCUT2D eigenvalue weighted by Crippen LogP contribution is 2.13. The summed E-state index contributed by atoms with van der Waals surface area (Å²) in [5.74, 6) is -0.190. The summed E-state index contributed by atoms with van der Waals surface area (Å²) in [6.45, 7) is 0.523. The van der Waals surface area contributed by atoms with E-state index in [4.69, 9.17) is 5.26 Å². The Morgan fingerprint density at radius 1 is 1.12 bits per heavy atom. The first-order chi connectivity index (χ1) is 11.9. The van der Waals surface area contributed by atoms with Gasteiger partial charge in [0, 0.05) is 32.1 Å². The molecule has 2 rings (SSSR count). The highest BCUT2D eigenvalue weighted by molar-refractivity contribution is 7.89. The summed E-state index contributed by atoms with van der Waals surface area (Å²) in [5.41, 5.74) is 1.42. The van der Waals surface area contributed by atoms with Gasteiger partial charge in [0.2, 0.25) is 10.0 Å². The largest absolute Gasteiger partial charge is 0.337 e. The van der Waals surface area contributed by atoms with Crippen molar-refractivity contribution >= 4 is 15.9 Å². The smallest absolute Gasteiger partial charge is 0.253 e. The van der Waals surface area contributed by atoms with Gasteiger partial charge < -0.3 is 4.90 Å². The summed E-state index contributed by atoms with van der Waals surface area (Å²) in [5, 5.41) is 8.46. The van der Waals surface area contributed by atoms with E-state index in [-0.39, 0.29) is 23.8 Å². The van der Waals surface area contributed by atoms with E-state index in [2.05, 4.69) is 4.72 Å². The summed E-state index contributed by atoms with van der Waals surface area (Å²) >= 11 is 0. The van der Waals surface area contributed by atoms with E-state index < -0.39 is 10.0 Å². The summed E-state index contributed by atoms with van der Waals surface area (Å²) in [6.07, 6.45) is 0.0973. The van der Waals surface area contributed by atoms with E-state index in [1.807, 2.05) is 36.4 Å². The molecular formula is C18H19N3O3S. The zero-order valence-electron chi connectivity index (χ0n) is 13.8. The Morgan fingerprint density at radius 2 is 1.76 bits per heavy atom. The van der Waals surface area contributed by atoms with Crippen molar-refractivity contribution in [2.75, 3.05) is 13.6 Å². The third kappa shape index (κ3) is 5.14. The van der Waals surface area contributed by atoms with Gasteiger partial charge in [0.15, 0.2) is 0 Å². The predicted octanol–water partition coefficient (Wildman–Crippen LogP) is 2.15. The van der Waals surface area contributed by atoms with E-state index in [9.17, 15) is 13.2 Å². The molecule has 0 aliphatic rings. The minimum atomic E-state index is -3.67. The standard InChI is InChI=1S/C18H19N3O3S/c1-21(14-15-6-3-2-4-7-15)18(22)16-8-10-17(11-9-16)25(23,24)20-13-5-12-19/h2-4,6-11,20H,5,13-14H2,1H3. The average molecular weight is 357 g/mol. The average Bonchev–Trinajstić information content (AvgIpc) is 2.62. The molecule has 0 radical (unpaired) electrons. The molecule has 0 atom stereocenters. The normalized spacial score (nSPS) is 10.9. The number of nitrogens with one attached hydrogen (secondary N) is 1. The van der Waals surface area contributed by atoms with E-state index >= 15 is 0 Å². The Balaban J connectivity index is 2.06. The molecule has 0 aromatic heterocycles. The highest BCUT2D eigenvalue weighted by Gasteiger charge is 2.16. The molecule has 0 aliphatic carbocycles. The molecule has 0 saturated heterocycles. The number of benzene rings is 2. The van der Waals surface area contributed by atoms with Crippen molar-refractivity contribution in [2.24, 2.45) is 0 Å². The lowest BCUT2D eigenvalue weighted by molar-refractivity contribution is 0.0785. The molecule has 0 fully saturated rings. The van der Waals surface area contributed by atoms with E-state index in [0.717, 1.165) is 5.56 Å². The Hall–Kier alpha value is -2.69. The molecule has 1 N–H and O–H groups in total. The maximum absolute atomic E-state index is 12.4. The van der Waals surface area contributed by atoms with Crippen LogP contribution in [0.3, 0.4) is 0 Å². The molecular weight excluding hydrogens is 338 g/mol. The van der Waals surface area contributed by atoms with Gasteiger partial charge in [-0.25, -0.2) is 13.1 Å². The van der Waals surface area contributed by atoms with Gasteiger partial charge >= 0.3 is 0 Å². The number of amides is 1. The molecule has 1 amide bonds. The molecule has 0 unspecified atom stereocenters. The van der Waals surface area contributed by atoms with E-state index in [0.29, 0.717) is 12.1 Å². The van der Waals surface area contributed by atoms with Crippen LogP contribution in [0.5, 0.6) is 0 Å². The van der Waals surface area contributed by atoms with Gasteiger partial charge in [-0.3, -0.25) is 4.79 Å². The van der Waals surface area contributed by atoms with Gasteiger partial charge in [0.1, 0.15) is 0 Å². The van der Waals surface area contributed by atoms with Crippen molar-refractivity contribution in [1.82, 2.24) is 9.62 Å². The molecule has 0 aliphatic heterocycles. The van der Waals surface area contributed by atoms with Crippen LogP contribution in [0, 0.1) is 11.3 Å². The second kappa shape index (κ2) is 8.42. The van der Waals surface area contributed by atoms with Crippen LogP contribution in [0.4, 0.5) is 0 Å². The summed E-state index contributed by atoms with van der Waals surface area (Å²) in [4.78, 5) is 14.1. The number of nitrogens with zero attached hydrogens (tertiary/aromatic N) is 2. The molecule has 0 bridgehead atoms. The van der Waals surface area contributed by atoms with E-state index in [1.54, 1.807) is 11.9 Å². The molecule has 25 heavy (non-hydrogen) atoms. The number of nitriles is 1. The molecule has 130 valence electrons. The fraction of sp³-hybridized carbons (Fsp3) is 0.222. The third-order valence-electron chi connectivity index (χ3n) is 3.55. The maximum Gasteiger partial charge on any atom is 0.253 e. The van der Waals surface area contributed by atoms with Crippen molar-refractivity contribution in [1.29, 1.82) is 5.26 Å². The van der Waals surface area contributed by atoms with Gasteiger partial charge in [-0.15, -0.1) is 0 Å². The zero-order chi connectivity index (χ0) is 18.3. The van der Waals surface area contributed by atoms with Crippen molar-refractivity contribution in [3.63, 3.8) is 0 Å². The second-order valence-corrected chi connectivity index (χ2v) is 7.24. The minimum absolute atomic E-state index is 0.0549. The lowest BCUT2D eigenvalue weighted by Gasteiger charge is -2.17. The van der Waals surface area contributed by atoms with Crippen LogP contribution < -0.4 is 4.72 Å². The first-order valence-corrected chi connectivity index (χ1v) is 9.18. The van der Waals surface area contributed by atoms with Crippen molar-refractivity contribution in [3.05, 3.63) is 65.7 Å². The van der Waals surface area contributed by atoms with Crippen LogP contribution in [0.1, 0.15) is 22.3 Å². The van der Waals surface area contributed by atoms with Gasteiger partial charge in [-0.2, -0.15) is 5.26 Å². The number of rotatable bonds is 7. The van der Waals surface area contributed by atoms with Crippen LogP contribution in [0.15, 0.2) is 59.5 Å². The Labute approximate surface area is 147 Å². The summed E-state index contributed by atoms with van der Waals surface area (Å²) in [6, 6.07) is 17.2. The Kier molecular flexibility index (Phi) is 6.28. The number of hydrogen-bond donors (Lipinski definition) is 1. The van der Waals surface area contributed by atoms with Gasteiger partial charge in [-0.05, 0) is 29.8 Å². The number of sulfonamides is 1. The van der Waals surface area contributed by atoms with Gasteiger partial charge in [0.25, 0.3) is 5.91 Å². The SMILES string of the molecule is CN(Cc1ccccc1)C(=O)c1ccc(S(=O)(=O)NCCC#N)cc1. The highest BCUT2D eigenvalue weighted by atomic mass is 32.2. The number of hydrogen-bond acceptors (Lipinski definition) is 4. The third-order valence-corrected chi connectivity index (χ3v) is 5.03. The number of carbonyl (C=O) groups is 1. The van der Waals surface area contributed by atoms with Crippen LogP contribution >= 0.6 is 0 Å². The molecule has 2 aromatic rings. The first-order valence-electron chi connectivity index (χ1n) is 7.70. The molecule has 2 aromatic carbocycles. The topological polar surface area (TPSA) is 90.3 Å². The molecule has 7 heteroatoms. The zero-order valence-corrected chi connectivity index (χ0v) is 14.7. The monoisotopic (exact) mass is 357 g/mol. The maximum atomic E-state index is 12.4.